The molecule has 0 unspecified atom stereocenters. The molecule has 41 heavy (non-hydrogen) atoms. The minimum absolute atomic E-state index is 0.103. The first-order chi connectivity index (χ1) is 19.8. The molecule has 2 amide bonds. The SMILES string of the molecule is COc1ccccc1N(C)CCC(=O)N1CCN(C(C)C)CCCN(C(=O)C2CCCCC2)c2c(C)cccc2C1. The molecular weight excluding hydrogens is 512 g/mol. The van der Waals surface area contributed by atoms with Crippen molar-refractivity contribution in [2.24, 2.45) is 5.92 Å². The molecule has 2 aliphatic rings. The van der Waals surface area contributed by atoms with Crippen LogP contribution in [0.1, 0.15) is 69.9 Å². The van der Waals surface area contributed by atoms with E-state index in [2.05, 4.69) is 53.7 Å². The number of methoxy groups -OCH3 is 1. The smallest absolute Gasteiger partial charge is 0.230 e. The van der Waals surface area contributed by atoms with E-state index in [4.69, 9.17) is 4.74 Å². The molecule has 0 saturated heterocycles. The first-order valence-corrected chi connectivity index (χ1v) is 15.6. The summed E-state index contributed by atoms with van der Waals surface area (Å²) < 4.78 is 5.54. The Morgan fingerprint density at radius 1 is 0.951 bits per heavy atom. The summed E-state index contributed by atoms with van der Waals surface area (Å²) in [6.07, 6.45) is 6.80. The number of amides is 2. The number of carbonyl (C=O) groups excluding carboxylic acids is 2. The number of ether oxygens (including phenoxy) is 1. The first kappa shape index (κ1) is 30.9. The molecule has 1 aliphatic heterocycles. The number of para-hydroxylation sites is 3. The van der Waals surface area contributed by atoms with E-state index in [1.807, 2.05) is 36.2 Å². The van der Waals surface area contributed by atoms with Gasteiger partial charge in [-0.3, -0.25) is 14.5 Å². The highest BCUT2D eigenvalue weighted by atomic mass is 16.5. The summed E-state index contributed by atoms with van der Waals surface area (Å²) in [6, 6.07) is 14.6. The highest BCUT2D eigenvalue weighted by Crippen LogP contribution is 2.33. The van der Waals surface area contributed by atoms with Crippen LogP contribution in [-0.2, 0) is 16.1 Å². The van der Waals surface area contributed by atoms with Crippen LogP contribution in [0.5, 0.6) is 5.75 Å². The molecule has 0 bridgehead atoms. The van der Waals surface area contributed by atoms with Crippen LogP contribution in [0.25, 0.3) is 0 Å². The van der Waals surface area contributed by atoms with Gasteiger partial charge in [-0.05, 0) is 63.3 Å². The second kappa shape index (κ2) is 14.7. The molecule has 0 N–H and O–H groups in total. The van der Waals surface area contributed by atoms with Crippen LogP contribution in [0.3, 0.4) is 0 Å². The molecule has 2 aromatic rings. The normalized spacial score (nSPS) is 17.6. The third kappa shape index (κ3) is 7.82. The second-order valence-electron chi connectivity index (χ2n) is 12.0. The average Bonchev–Trinajstić information content (AvgIpc) is 3.02. The summed E-state index contributed by atoms with van der Waals surface area (Å²) in [5.41, 5.74) is 4.17. The Hall–Kier alpha value is -3.06. The summed E-state index contributed by atoms with van der Waals surface area (Å²) in [4.78, 5) is 36.5. The van der Waals surface area contributed by atoms with Gasteiger partial charge in [0.05, 0.1) is 18.5 Å². The Morgan fingerprint density at radius 3 is 2.44 bits per heavy atom. The standard InChI is InChI=1S/C34H50N4O3/c1-26(2)36-20-12-21-38(34(40)28-14-7-6-8-15-28)33-27(3)13-11-16-29(33)25-37(24-23-36)32(39)19-22-35(4)30-17-9-10-18-31(30)41-5/h9-11,13,16-18,26,28H,6-8,12,14-15,19-25H2,1-5H3. The molecule has 7 nitrogen and oxygen atoms in total. The predicted molar refractivity (Wildman–Crippen MR) is 168 cm³/mol. The topological polar surface area (TPSA) is 56.3 Å². The van der Waals surface area contributed by atoms with Gasteiger partial charge in [0, 0.05) is 64.7 Å². The lowest BCUT2D eigenvalue weighted by Gasteiger charge is -2.33. The second-order valence-corrected chi connectivity index (χ2v) is 12.0. The van der Waals surface area contributed by atoms with Crippen LogP contribution in [0.4, 0.5) is 11.4 Å². The van der Waals surface area contributed by atoms with Gasteiger partial charge in [0.25, 0.3) is 0 Å². The van der Waals surface area contributed by atoms with E-state index in [1.165, 1.54) is 6.42 Å². The van der Waals surface area contributed by atoms with Crippen molar-refractivity contribution in [1.29, 1.82) is 0 Å². The van der Waals surface area contributed by atoms with Gasteiger partial charge in [0.1, 0.15) is 5.75 Å². The molecule has 0 aromatic heterocycles. The summed E-state index contributed by atoms with van der Waals surface area (Å²) in [5.74, 6) is 1.31. The van der Waals surface area contributed by atoms with Gasteiger partial charge < -0.3 is 19.4 Å². The van der Waals surface area contributed by atoms with Crippen LogP contribution in [0.2, 0.25) is 0 Å². The molecule has 0 radical (unpaired) electrons. The molecule has 2 aromatic carbocycles. The van der Waals surface area contributed by atoms with Gasteiger partial charge in [-0.25, -0.2) is 0 Å². The number of aryl methyl sites for hydroxylation is 1. The number of hydrogen-bond acceptors (Lipinski definition) is 5. The van der Waals surface area contributed by atoms with Crippen molar-refractivity contribution in [3.8, 4) is 5.75 Å². The molecule has 1 saturated carbocycles. The van der Waals surface area contributed by atoms with E-state index in [1.54, 1.807) is 7.11 Å². The van der Waals surface area contributed by atoms with Crippen LogP contribution in [-0.4, -0.2) is 74.5 Å². The Balaban J connectivity index is 1.60. The summed E-state index contributed by atoms with van der Waals surface area (Å²) in [7, 11) is 3.68. The van der Waals surface area contributed by atoms with Crippen LogP contribution in [0, 0.1) is 12.8 Å². The van der Waals surface area contributed by atoms with Gasteiger partial charge in [-0.1, -0.05) is 49.6 Å². The van der Waals surface area contributed by atoms with E-state index in [0.717, 1.165) is 73.4 Å². The van der Waals surface area contributed by atoms with Gasteiger partial charge in [0.2, 0.25) is 11.8 Å². The van der Waals surface area contributed by atoms with Gasteiger partial charge in [0.15, 0.2) is 0 Å². The number of rotatable bonds is 7. The molecule has 0 atom stereocenters. The van der Waals surface area contributed by atoms with Crippen LogP contribution in [0.15, 0.2) is 42.5 Å². The zero-order chi connectivity index (χ0) is 29.4. The zero-order valence-electron chi connectivity index (χ0n) is 25.9. The lowest BCUT2D eigenvalue weighted by Crippen LogP contribution is -2.42. The van der Waals surface area contributed by atoms with Crippen molar-refractivity contribution < 1.29 is 14.3 Å². The van der Waals surface area contributed by atoms with Crippen molar-refractivity contribution in [2.45, 2.75) is 78.3 Å². The third-order valence-corrected chi connectivity index (χ3v) is 8.90. The molecule has 1 fully saturated rings. The third-order valence-electron chi connectivity index (χ3n) is 8.90. The summed E-state index contributed by atoms with van der Waals surface area (Å²) >= 11 is 0. The van der Waals surface area contributed by atoms with E-state index in [9.17, 15) is 9.59 Å². The maximum absolute atomic E-state index is 14.0. The van der Waals surface area contributed by atoms with Crippen molar-refractivity contribution in [3.05, 3.63) is 53.6 Å². The average molecular weight is 563 g/mol. The maximum atomic E-state index is 14.0. The minimum atomic E-state index is 0.103. The summed E-state index contributed by atoms with van der Waals surface area (Å²) in [5, 5.41) is 0. The fourth-order valence-electron chi connectivity index (χ4n) is 6.43. The summed E-state index contributed by atoms with van der Waals surface area (Å²) in [6.45, 7) is 10.8. The lowest BCUT2D eigenvalue weighted by atomic mass is 9.87. The number of carbonyl (C=O) groups is 2. The van der Waals surface area contributed by atoms with E-state index < -0.39 is 0 Å². The van der Waals surface area contributed by atoms with Crippen molar-refractivity contribution in [3.63, 3.8) is 0 Å². The number of hydrogen-bond donors (Lipinski definition) is 0. The number of fused-ring (bicyclic) bond motifs is 1. The highest BCUT2D eigenvalue weighted by molar-refractivity contribution is 5.96. The Kier molecular flexibility index (Phi) is 11.1. The monoisotopic (exact) mass is 562 g/mol. The van der Waals surface area contributed by atoms with Gasteiger partial charge >= 0.3 is 0 Å². The minimum Gasteiger partial charge on any atom is -0.495 e. The van der Waals surface area contributed by atoms with Gasteiger partial charge in [-0.15, -0.1) is 0 Å². The fourth-order valence-corrected chi connectivity index (χ4v) is 6.43. The largest absolute Gasteiger partial charge is 0.495 e. The first-order valence-electron chi connectivity index (χ1n) is 15.6. The van der Waals surface area contributed by atoms with Crippen molar-refractivity contribution >= 4 is 23.2 Å². The van der Waals surface area contributed by atoms with Crippen molar-refractivity contribution in [1.82, 2.24) is 9.80 Å². The van der Waals surface area contributed by atoms with E-state index in [-0.39, 0.29) is 17.7 Å². The number of anilines is 2. The van der Waals surface area contributed by atoms with Gasteiger partial charge in [-0.2, -0.15) is 0 Å². The quantitative estimate of drug-likeness (QED) is 0.422. The lowest BCUT2D eigenvalue weighted by molar-refractivity contribution is -0.132. The molecule has 4 rings (SSSR count). The maximum Gasteiger partial charge on any atom is 0.230 e. The van der Waals surface area contributed by atoms with Crippen LogP contribution < -0.4 is 14.5 Å². The van der Waals surface area contributed by atoms with E-state index in [0.29, 0.717) is 38.6 Å². The van der Waals surface area contributed by atoms with Crippen LogP contribution >= 0.6 is 0 Å². The molecule has 1 heterocycles. The molecule has 1 aliphatic carbocycles. The molecule has 224 valence electrons. The molecule has 0 spiro atoms. The Labute approximate surface area is 247 Å². The Morgan fingerprint density at radius 2 is 1.71 bits per heavy atom. The zero-order valence-corrected chi connectivity index (χ0v) is 25.9. The molecular formula is C34H50N4O3. The Bertz CT molecular complexity index is 1160. The fraction of sp³-hybridized carbons (Fsp3) is 0.588. The van der Waals surface area contributed by atoms with Crippen molar-refractivity contribution in [2.75, 3.05) is 56.7 Å². The number of nitrogens with zero attached hydrogens (tertiary/aromatic N) is 4. The molecule has 7 heteroatoms. The highest BCUT2D eigenvalue weighted by Gasteiger charge is 2.30. The number of benzene rings is 2. The predicted octanol–water partition coefficient (Wildman–Crippen LogP) is 5.89. The van der Waals surface area contributed by atoms with E-state index >= 15 is 0 Å².